The predicted octanol–water partition coefficient (Wildman–Crippen LogP) is -0.439. The number of aliphatic hydroxyl groups is 1. The normalized spacial score (nSPS) is 18.5. The quantitative estimate of drug-likeness (QED) is 0.231. The van der Waals surface area contributed by atoms with Crippen LogP contribution in [0.5, 0.6) is 5.88 Å². The first-order valence-electron chi connectivity index (χ1n) is 14.7. The van der Waals surface area contributed by atoms with E-state index in [0.717, 1.165) is 4.90 Å². The highest BCUT2D eigenvalue weighted by molar-refractivity contribution is 5.96. The highest BCUT2D eigenvalue weighted by atomic mass is 16.6. The first-order chi connectivity index (χ1) is 22.0. The van der Waals surface area contributed by atoms with Crippen LogP contribution in [0, 0.1) is 0 Å². The van der Waals surface area contributed by atoms with E-state index in [1.54, 1.807) is 37.3 Å². The number of hydrogen-bond acceptors (Lipinski definition) is 10. The van der Waals surface area contributed by atoms with Gasteiger partial charge in [0.15, 0.2) is 12.3 Å². The Labute approximate surface area is 263 Å². The Morgan fingerprint density at radius 2 is 1.70 bits per heavy atom. The molecule has 3 atom stereocenters. The average Bonchev–Trinajstić information content (AvgIpc) is 3.66. The second-order valence-electron chi connectivity index (χ2n) is 10.7. The van der Waals surface area contributed by atoms with Gasteiger partial charge in [0.25, 0.3) is 11.8 Å². The molecule has 4 N–H and O–H groups in total. The number of nitrogens with zero attached hydrogens (tertiary/aromatic N) is 5. The Balaban J connectivity index is 1.50. The van der Waals surface area contributed by atoms with Crippen molar-refractivity contribution in [3.63, 3.8) is 0 Å². The van der Waals surface area contributed by atoms with Gasteiger partial charge in [-0.3, -0.25) is 19.2 Å². The number of likely N-dealkylation sites (tertiary alicyclic amines) is 1. The number of piperazine rings is 1. The maximum atomic E-state index is 13.4. The zero-order valence-corrected chi connectivity index (χ0v) is 25.1. The maximum Gasteiger partial charge on any atom is 0.409 e. The third-order valence-electron chi connectivity index (χ3n) is 7.51. The number of ether oxygens (including phenoxy) is 2. The molecule has 0 radical (unpaired) electrons. The van der Waals surface area contributed by atoms with Gasteiger partial charge in [-0.15, -0.1) is 0 Å². The van der Waals surface area contributed by atoms with E-state index in [1.165, 1.54) is 20.5 Å². The van der Waals surface area contributed by atoms with Gasteiger partial charge in [0.05, 0.1) is 18.4 Å². The van der Waals surface area contributed by atoms with Gasteiger partial charge in [0.2, 0.25) is 11.8 Å². The molecule has 248 valence electrons. The lowest BCUT2D eigenvalue weighted by molar-refractivity contribution is -0.149. The number of hydrogen-bond donors (Lipinski definition) is 4. The Hall–Kier alpha value is -5.19. The molecule has 2 saturated heterocycles. The van der Waals surface area contributed by atoms with Crippen LogP contribution < -0.4 is 10.1 Å². The molecule has 3 heterocycles. The molecule has 0 saturated carbocycles. The van der Waals surface area contributed by atoms with Gasteiger partial charge in [-0.2, -0.15) is 5.10 Å². The molecule has 17 heteroatoms. The number of nitrogens with one attached hydrogen (secondary N) is 1. The summed E-state index contributed by atoms with van der Waals surface area (Å²) in [5.74, 6) is -4.50. The van der Waals surface area contributed by atoms with Crippen molar-refractivity contribution >= 4 is 35.8 Å². The van der Waals surface area contributed by atoms with Crippen LogP contribution in [0.1, 0.15) is 36.7 Å². The molecule has 1 aromatic carbocycles. The van der Waals surface area contributed by atoms with Gasteiger partial charge < -0.3 is 44.8 Å². The average molecular weight is 645 g/mol. The summed E-state index contributed by atoms with van der Waals surface area (Å²) in [4.78, 5) is 78.5. The minimum Gasteiger partial charge on any atom is -0.481 e. The van der Waals surface area contributed by atoms with E-state index >= 15 is 0 Å². The molecule has 4 amide bonds. The highest BCUT2D eigenvalue weighted by Crippen LogP contribution is 2.22. The number of β-amino-alcohol motifs (C(OH)–C–C–N with tert-alkyl or cyclic N) is 1. The van der Waals surface area contributed by atoms with Crippen molar-refractivity contribution in [2.45, 2.75) is 44.4 Å². The maximum absolute atomic E-state index is 13.4. The fourth-order valence-electron chi connectivity index (χ4n) is 5.18. The number of amides is 4. The minimum absolute atomic E-state index is 0.0418. The van der Waals surface area contributed by atoms with Crippen LogP contribution in [0.3, 0.4) is 0 Å². The fraction of sp³-hybridized carbons (Fsp3) is 0.483. The number of carboxylic acids is 2. The number of aliphatic carboxylic acids is 2. The zero-order valence-electron chi connectivity index (χ0n) is 25.1. The topological polar surface area (TPSA) is 221 Å². The summed E-state index contributed by atoms with van der Waals surface area (Å²) in [6.45, 7) is 1.82. The Bertz CT molecular complexity index is 1440. The number of carboxylic acid groups (broad SMARTS) is 2. The van der Waals surface area contributed by atoms with E-state index in [4.69, 9.17) is 9.47 Å². The summed E-state index contributed by atoms with van der Waals surface area (Å²) in [5, 5.41) is 35.4. The summed E-state index contributed by atoms with van der Waals surface area (Å²) >= 11 is 0. The first kappa shape index (κ1) is 33.7. The van der Waals surface area contributed by atoms with Crippen molar-refractivity contribution in [2.24, 2.45) is 0 Å². The van der Waals surface area contributed by atoms with Crippen LogP contribution in [0.25, 0.3) is 5.69 Å². The van der Waals surface area contributed by atoms with Crippen LogP contribution in [0.2, 0.25) is 0 Å². The Morgan fingerprint density at radius 1 is 1.02 bits per heavy atom. The van der Waals surface area contributed by atoms with Crippen molar-refractivity contribution in [1.82, 2.24) is 29.8 Å². The van der Waals surface area contributed by atoms with E-state index in [0.29, 0.717) is 5.69 Å². The van der Waals surface area contributed by atoms with E-state index in [9.17, 15) is 44.1 Å². The van der Waals surface area contributed by atoms with E-state index in [-0.39, 0.29) is 63.7 Å². The first-order valence-corrected chi connectivity index (χ1v) is 14.7. The molecule has 0 spiro atoms. The molecule has 2 aromatic rings. The standard InChI is InChI=1S/C29H36N6O11/c1-2-45-29(44)33-12-10-32(11-13-33)27(41)20(8-9-25(38)39)30-26(40)21-15-24(35(31-21)18-6-4-3-5-7-18)46-17-23(37)34-16-19(36)14-22(34)28(42)43/h3-7,15,19-20,22,36H,2,8-14,16-17H2,1H3,(H,30,40)(H,38,39)(H,42,43)/t19-,20+,22-/m1/s1. The van der Waals surface area contributed by atoms with Gasteiger partial charge in [-0.1, -0.05) is 18.2 Å². The summed E-state index contributed by atoms with van der Waals surface area (Å²) in [6, 6.07) is 7.29. The summed E-state index contributed by atoms with van der Waals surface area (Å²) in [7, 11) is 0. The summed E-state index contributed by atoms with van der Waals surface area (Å²) in [5.41, 5.74) is 0.258. The van der Waals surface area contributed by atoms with Crippen LogP contribution in [0.4, 0.5) is 4.79 Å². The van der Waals surface area contributed by atoms with E-state index in [2.05, 4.69) is 10.4 Å². The number of para-hydroxylation sites is 1. The van der Waals surface area contributed by atoms with Crippen LogP contribution >= 0.6 is 0 Å². The predicted molar refractivity (Wildman–Crippen MR) is 156 cm³/mol. The number of aromatic nitrogens is 2. The van der Waals surface area contributed by atoms with Gasteiger partial charge in [0, 0.05) is 51.6 Å². The highest BCUT2D eigenvalue weighted by Gasteiger charge is 2.39. The summed E-state index contributed by atoms with van der Waals surface area (Å²) < 4.78 is 11.9. The van der Waals surface area contributed by atoms with E-state index < -0.39 is 67.0 Å². The molecule has 2 aliphatic rings. The van der Waals surface area contributed by atoms with E-state index in [1.807, 2.05) is 0 Å². The van der Waals surface area contributed by atoms with Crippen molar-refractivity contribution in [3.05, 3.63) is 42.1 Å². The zero-order chi connectivity index (χ0) is 33.4. The van der Waals surface area contributed by atoms with Crippen molar-refractivity contribution < 1.29 is 53.6 Å². The molecule has 2 aliphatic heterocycles. The number of rotatable bonds is 12. The van der Waals surface area contributed by atoms with Crippen molar-refractivity contribution in [1.29, 1.82) is 0 Å². The molecule has 0 bridgehead atoms. The lowest BCUT2D eigenvalue weighted by Gasteiger charge is -2.35. The third kappa shape index (κ3) is 8.29. The molecular weight excluding hydrogens is 608 g/mol. The van der Waals surface area contributed by atoms with Crippen LogP contribution in [-0.4, -0.2) is 140 Å². The lowest BCUT2D eigenvalue weighted by atomic mass is 10.1. The molecule has 1 aromatic heterocycles. The van der Waals surface area contributed by atoms with Gasteiger partial charge in [-0.25, -0.2) is 14.3 Å². The second-order valence-corrected chi connectivity index (χ2v) is 10.7. The Kier molecular flexibility index (Phi) is 11.1. The smallest absolute Gasteiger partial charge is 0.409 e. The molecule has 0 unspecified atom stereocenters. The van der Waals surface area contributed by atoms with Crippen LogP contribution in [0.15, 0.2) is 36.4 Å². The SMILES string of the molecule is CCOC(=O)N1CCN(C(=O)[C@H](CCC(=O)O)NC(=O)c2cc(OCC(=O)N3C[C@H](O)C[C@@H]3C(=O)O)n(-c3ccccc3)n2)CC1. The third-order valence-corrected chi connectivity index (χ3v) is 7.51. The molecule has 0 aliphatic carbocycles. The molecule has 46 heavy (non-hydrogen) atoms. The number of carbonyl (C=O) groups excluding carboxylic acids is 4. The van der Waals surface area contributed by atoms with Gasteiger partial charge in [-0.05, 0) is 25.5 Å². The fourth-order valence-corrected chi connectivity index (χ4v) is 5.18. The van der Waals surface area contributed by atoms with Crippen molar-refractivity contribution in [2.75, 3.05) is 45.9 Å². The molecule has 2 fully saturated rings. The lowest BCUT2D eigenvalue weighted by Crippen LogP contribution is -2.56. The number of carbonyl (C=O) groups is 6. The largest absolute Gasteiger partial charge is 0.481 e. The second kappa shape index (κ2) is 15.2. The number of benzene rings is 1. The van der Waals surface area contributed by atoms with Gasteiger partial charge >= 0.3 is 18.0 Å². The monoisotopic (exact) mass is 644 g/mol. The molecule has 17 nitrogen and oxygen atoms in total. The van der Waals surface area contributed by atoms with Crippen molar-refractivity contribution in [3.8, 4) is 11.6 Å². The molecule has 4 rings (SSSR count). The number of aliphatic hydroxyl groups excluding tert-OH is 1. The van der Waals surface area contributed by atoms with Crippen LogP contribution in [-0.2, 0) is 23.9 Å². The minimum atomic E-state index is -1.26. The Morgan fingerprint density at radius 3 is 2.33 bits per heavy atom. The van der Waals surface area contributed by atoms with Gasteiger partial charge in [0.1, 0.15) is 12.1 Å². The summed E-state index contributed by atoms with van der Waals surface area (Å²) in [6.07, 6.45) is -2.22. The molecular formula is C29H36N6O11.